The summed E-state index contributed by atoms with van der Waals surface area (Å²) in [5, 5.41) is 10.2. The molecule has 0 N–H and O–H groups in total. The SMILES string of the molecule is BrCC1CCCCCN1c1nncs1. The van der Waals surface area contributed by atoms with Crippen molar-refractivity contribution in [2.24, 2.45) is 0 Å². The quantitative estimate of drug-likeness (QED) is 0.778. The summed E-state index contributed by atoms with van der Waals surface area (Å²) in [5.41, 5.74) is 1.81. The van der Waals surface area contributed by atoms with Crippen molar-refractivity contribution in [1.82, 2.24) is 10.2 Å². The standard InChI is InChI=1S/C9H14BrN3S/c10-6-8-4-2-1-3-5-13(8)9-12-11-7-14-9/h7-8H,1-6H2. The van der Waals surface area contributed by atoms with Gasteiger partial charge in [0.2, 0.25) is 5.13 Å². The van der Waals surface area contributed by atoms with Crippen molar-refractivity contribution >= 4 is 32.4 Å². The van der Waals surface area contributed by atoms with Gasteiger partial charge in [-0.05, 0) is 12.8 Å². The van der Waals surface area contributed by atoms with Crippen LogP contribution in [0.1, 0.15) is 25.7 Å². The van der Waals surface area contributed by atoms with Gasteiger partial charge in [-0.2, -0.15) is 0 Å². The van der Waals surface area contributed by atoms with E-state index in [1.54, 1.807) is 11.3 Å². The van der Waals surface area contributed by atoms with Crippen LogP contribution in [-0.2, 0) is 0 Å². The molecule has 0 aliphatic carbocycles. The minimum absolute atomic E-state index is 0.602. The van der Waals surface area contributed by atoms with Gasteiger partial charge < -0.3 is 4.90 Å². The summed E-state index contributed by atoms with van der Waals surface area (Å²) in [6.45, 7) is 1.13. The Labute approximate surface area is 96.7 Å². The summed E-state index contributed by atoms with van der Waals surface area (Å²) >= 11 is 5.23. The van der Waals surface area contributed by atoms with E-state index in [4.69, 9.17) is 0 Å². The highest BCUT2D eigenvalue weighted by Crippen LogP contribution is 2.25. The first-order valence-corrected chi connectivity index (χ1v) is 7.00. The Morgan fingerprint density at radius 1 is 1.50 bits per heavy atom. The lowest BCUT2D eigenvalue weighted by Gasteiger charge is -2.27. The highest BCUT2D eigenvalue weighted by atomic mass is 79.9. The van der Waals surface area contributed by atoms with Gasteiger partial charge in [-0.25, -0.2) is 0 Å². The lowest BCUT2D eigenvalue weighted by molar-refractivity contribution is 0.623. The Hall–Kier alpha value is -0.160. The highest BCUT2D eigenvalue weighted by molar-refractivity contribution is 9.09. The number of halogens is 1. The summed E-state index contributed by atoms with van der Waals surface area (Å²) in [6.07, 6.45) is 5.23. The zero-order valence-electron chi connectivity index (χ0n) is 8.03. The molecule has 3 nitrogen and oxygen atoms in total. The maximum atomic E-state index is 4.15. The second-order valence-corrected chi connectivity index (χ2v) is 5.03. The molecule has 2 rings (SSSR count). The number of rotatable bonds is 2. The van der Waals surface area contributed by atoms with Crippen LogP contribution in [0, 0.1) is 0 Å². The van der Waals surface area contributed by atoms with E-state index < -0.39 is 0 Å². The molecule has 0 saturated carbocycles. The Morgan fingerprint density at radius 3 is 3.14 bits per heavy atom. The summed E-state index contributed by atoms with van der Waals surface area (Å²) in [5.74, 6) is 0. The Morgan fingerprint density at radius 2 is 2.43 bits per heavy atom. The van der Waals surface area contributed by atoms with Crippen LogP contribution in [0.4, 0.5) is 5.13 Å². The third-order valence-corrected chi connectivity index (χ3v) is 4.12. The number of anilines is 1. The number of alkyl halides is 1. The number of hydrogen-bond donors (Lipinski definition) is 0. The van der Waals surface area contributed by atoms with Crippen LogP contribution in [0.25, 0.3) is 0 Å². The topological polar surface area (TPSA) is 29.0 Å². The maximum Gasteiger partial charge on any atom is 0.208 e. The third-order valence-electron chi connectivity index (χ3n) is 2.65. The Kier molecular flexibility index (Phi) is 3.75. The molecule has 14 heavy (non-hydrogen) atoms. The van der Waals surface area contributed by atoms with Crippen molar-refractivity contribution in [2.75, 3.05) is 16.8 Å². The fourth-order valence-electron chi connectivity index (χ4n) is 1.88. The van der Waals surface area contributed by atoms with E-state index in [1.807, 2.05) is 5.51 Å². The molecule has 0 spiro atoms. The summed E-state index contributed by atoms with van der Waals surface area (Å²) < 4.78 is 0. The molecule has 0 aromatic carbocycles. The minimum atomic E-state index is 0.602. The van der Waals surface area contributed by atoms with Crippen LogP contribution >= 0.6 is 27.3 Å². The number of hydrogen-bond acceptors (Lipinski definition) is 4. The number of aromatic nitrogens is 2. The van der Waals surface area contributed by atoms with Gasteiger partial charge in [0.15, 0.2) is 0 Å². The van der Waals surface area contributed by atoms with Crippen molar-refractivity contribution in [3.05, 3.63) is 5.51 Å². The molecule has 0 amide bonds. The number of nitrogens with zero attached hydrogens (tertiary/aromatic N) is 3. The molecule has 1 atom stereocenters. The maximum absolute atomic E-state index is 4.15. The van der Waals surface area contributed by atoms with Gasteiger partial charge in [-0.3, -0.25) is 0 Å². The van der Waals surface area contributed by atoms with Gasteiger partial charge in [0.05, 0.1) is 0 Å². The highest BCUT2D eigenvalue weighted by Gasteiger charge is 2.21. The van der Waals surface area contributed by atoms with Crippen LogP contribution in [0.3, 0.4) is 0 Å². The van der Waals surface area contributed by atoms with Crippen LogP contribution in [0.5, 0.6) is 0 Å². The molecular weight excluding hydrogens is 262 g/mol. The van der Waals surface area contributed by atoms with E-state index in [9.17, 15) is 0 Å². The first kappa shape index (κ1) is 10.4. The van der Waals surface area contributed by atoms with Crippen molar-refractivity contribution in [2.45, 2.75) is 31.7 Å². The monoisotopic (exact) mass is 275 g/mol. The summed E-state index contributed by atoms with van der Waals surface area (Å²) in [4.78, 5) is 2.40. The van der Waals surface area contributed by atoms with Crippen LogP contribution in [-0.4, -0.2) is 28.1 Å². The van der Waals surface area contributed by atoms with Crippen LogP contribution in [0.15, 0.2) is 5.51 Å². The van der Waals surface area contributed by atoms with Crippen molar-refractivity contribution < 1.29 is 0 Å². The molecule has 1 fully saturated rings. The van der Waals surface area contributed by atoms with E-state index in [1.165, 1.54) is 25.7 Å². The van der Waals surface area contributed by atoms with E-state index in [0.717, 1.165) is 17.0 Å². The van der Waals surface area contributed by atoms with Crippen LogP contribution < -0.4 is 4.90 Å². The average molecular weight is 276 g/mol. The van der Waals surface area contributed by atoms with E-state index >= 15 is 0 Å². The predicted octanol–water partition coefficient (Wildman–Crippen LogP) is 2.68. The van der Waals surface area contributed by atoms with E-state index in [-0.39, 0.29) is 0 Å². The van der Waals surface area contributed by atoms with Gasteiger partial charge >= 0.3 is 0 Å². The third kappa shape index (κ3) is 2.25. The Bertz CT molecular complexity index is 265. The molecule has 1 aromatic heterocycles. The predicted molar refractivity (Wildman–Crippen MR) is 63.3 cm³/mol. The molecule has 0 bridgehead atoms. The van der Waals surface area contributed by atoms with Gasteiger partial charge in [0.1, 0.15) is 5.51 Å². The first-order chi connectivity index (χ1) is 6.92. The zero-order chi connectivity index (χ0) is 9.80. The van der Waals surface area contributed by atoms with Gasteiger partial charge in [0, 0.05) is 17.9 Å². The second-order valence-electron chi connectivity index (χ2n) is 3.57. The minimum Gasteiger partial charge on any atom is -0.343 e. The van der Waals surface area contributed by atoms with E-state index in [2.05, 4.69) is 31.0 Å². The second kappa shape index (κ2) is 5.07. The Balaban J connectivity index is 2.12. The molecule has 2 heterocycles. The molecule has 0 radical (unpaired) electrons. The fraction of sp³-hybridized carbons (Fsp3) is 0.778. The summed E-state index contributed by atoms with van der Waals surface area (Å²) in [6, 6.07) is 0.602. The molecule has 1 aliphatic heterocycles. The molecule has 1 aromatic rings. The fourth-order valence-corrected chi connectivity index (χ4v) is 3.21. The van der Waals surface area contributed by atoms with E-state index in [0.29, 0.717) is 6.04 Å². The first-order valence-electron chi connectivity index (χ1n) is 5.00. The van der Waals surface area contributed by atoms with Gasteiger partial charge in [-0.1, -0.05) is 40.1 Å². The lowest BCUT2D eigenvalue weighted by atomic mass is 10.1. The molecule has 5 heteroatoms. The van der Waals surface area contributed by atoms with Crippen LogP contribution in [0.2, 0.25) is 0 Å². The largest absolute Gasteiger partial charge is 0.343 e. The van der Waals surface area contributed by atoms with Crippen molar-refractivity contribution in [1.29, 1.82) is 0 Å². The molecular formula is C9H14BrN3S. The van der Waals surface area contributed by atoms with Gasteiger partial charge in [-0.15, -0.1) is 10.2 Å². The molecule has 1 unspecified atom stereocenters. The van der Waals surface area contributed by atoms with Crippen molar-refractivity contribution in [3.8, 4) is 0 Å². The summed E-state index contributed by atoms with van der Waals surface area (Å²) in [7, 11) is 0. The molecule has 1 saturated heterocycles. The lowest BCUT2D eigenvalue weighted by Crippen LogP contribution is -2.36. The van der Waals surface area contributed by atoms with Gasteiger partial charge in [0.25, 0.3) is 0 Å². The zero-order valence-corrected chi connectivity index (χ0v) is 10.4. The molecule has 1 aliphatic rings. The normalized spacial score (nSPS) is 23.5. The smallest absolute Gasteiger partial charge is 0.208 e. The molecule has 78 valence electrons. The van der Waals surface area contributed by atoms with Crippen molar-refractivity contribution in [3.63, 3.8) is 0 Å². The average Bonchev–Trinajstić information content (AvgIpc) is 2.63.